The van der Waals surface area contributed by atoms with Crippen LogP contribution in [0.3, 0.4) is 0 Å². The monoisotopic (exact) mass is 195 g/mol. The number of nitrogens with zero attached hydrogens (tertiary/aromatic N) is 3. The van der Waals surface area contributed by atoms with Crippen LogP contribution in [0.25, 0.3) is 0 Å². The van der Waals surface area contributed by atoms with E-state index in [-0.39, 0.29) is 11.4 Å². The van der Waals surface area contributed by atoms with Crippen molar-refractivity contribution in [3.63, 3.8) is 0 Å². The molecule has 0 bridgehead atoms. The molecule has 0 spiro atoms. The molecule has 1 amide bonds. The van der Waals surface area contributed by atoms with Crippen molar-refractivity contribution in [1.29, 1.82) is 0 Å². The summed E-state index contributed by atoms with van der Waals surface area (Å²) in [7, 11) is 0. The van der Waals surface area contributed by atoms with Crippen LogP contribution in [0.15, 0.2) is 12.5 Å². The van der Waals surface area contributed by atoms with Crippen LogP contribution in [0.5, 0.6) is 0 Å². The van der Waals surface area contributed by atoms with Crippen LogP contribution in [-0.4, -0.2) is 21.1 Å². The summed E-state index contributed by atoms with van der Waals surface area (Å²) in [4.78, 5) is 15.6. The lowest BCUT2D eigenvalue weighted by Gasteiger charge is -2.34. The van der Waals surface area contributed by atoms with Crippen LogP contribution in [-0.2, 0) is 4.79 Å². The lowest BCUT2D eigenvalue weighted by Crippen LogP contribution is -2.51. The van der Waals surface area contributed by atoms with E-state index in [1.165, 1.54) is 0 Å². The molecule has 1 aromatic heterocycles. The van der Waals surface area contributed by atoms with Crippen molar-refractivity contribution in [3.8, 4) is 0 Å². The molecule has 4 heteroatoms. The first-order valence-electron chi connectivity index (χ1n) is 4.64. The van der Waals surface area contributed by atoms with E-state index >= 15 is 0 Å². The summed E-state index contributed by atoms with van der Waals surface area (Å²) < 4.78 is 1.73. The normalized spacial score (nSPS) is 11.5. The molecule has 0 saturated heterocycles. The lowest BCUT2D eigenvalue weighted by molar-refractivity contribution is -0.119. The molecular weight excluding hydrogens is 178 g/mol. The van der Waals surface area contributed by atoms with Gasteiger partial charge in [0, 0.05) is 13.1 Å². The molecule has 4 nitrogen and oxygen atoms in total. The molecule has 0 atom stereocenters. The Morgan fingerprint density at radius 3 is 2.36 bits per heavy atom. The number of amides is 1. The molecule has 0 aliphatic rings. The predicted molar refractivity (Wildman–Crippen MR) is 55.6 cm³/mol. The molecule has 1 aromatic rings. The van der Waals surface area contributed by atoms with Gasteiger partial charge in [0.05, 0.1) is 11.2 Å². The van der Waals surface area contributed by atoms with Crippen molar-refractivity contribution in [1.82, 2.24) is 9.66 Å². The highest BCUT2D eigenvalue weighted by molar-refractivity contribution is 5.84. The number of hydrogen-bond donors (Lipinski definition) is 0. The SMILES string of the molecule is CC(=O)N(n1cnc(C)c1)C(C)(C)C. The number of carbonyl (C=O) groups excluding carboxylic acids is 1. The Labute approximate surface area is 84.5 Å². The Kier molecular flexibility index (Phi) is 2.64. The highest BCUT2D eigenvalue weighted by atomic mass is 16.2. The summed E-state index contributed by atoms with van der Waals surface area (Å²) in [5, 5.41) is 1.67. The third-order valence-corrected chi connectivity index (χ3v) is 1.86. The summed E-state index contributed by atoms with van der Waals surface area (Å²) in [6.07, 6.45) is 3.49. The number of carbonyl (C=O) groups is 1. The number of aromatic nitrogens is 2. The van der Waals surface area contributed by atoms with E-state index < -0.39 is 0 Å². The molecule has 0 saturated carbocycles. The van der Waals surface area contributed by atoms with Crippen LogP contribution in [0.1, 0.15) is 33.4 Å². The molecule has 0 aliphatic heterocycles. The van der Waals surface area contributed by atoms with Gasteiger partial charge in [0.2, 0.25) is 5.91 Å². The van der Waals surface area contributed by atoms with Gasteiger partial charge in [-0.25, -0.2) is 14.7 Å². The Hall–Kier alpha value is -1.32. The standard InChI is InChI=1S/C10H17N3O/c1-8-6-12(7-11-8)13(9(2)14)10(3,4)5/h6-7H,1-5H3. The zero-order valence-electron chi connectivity index (χ0n) is 9.40. The van der Waals surface area contributed by atoms with Gasteiger partial charge >= 0.3 is 0 Å². The highest BCUT2D eigenvalue weighted by Gasteiger charge is 2.25. The fraction of sp³-hybridized carbons (Fsp3) is 0.600. The Morgan fingerprint density at radius 2 is 2.07 bits per heavy atom. The molecule has 0 unspecified atom stereocenters. The molecule has 14 heavy (non-hydrogen) atoms. The largest absolute Gasteiger partial charge is 0.273 e. The molecule has 1 heterocycles. The summed E-state index contributed by atoms with van der Waals surface area (Å²) in [6.45, 7) is 9.43. The van der Waals surface area contributed by atoms with E-state index in [4.69, 9.17) is 0 Å². The van der Waals surface area contributed by atoms with E-state index in [9.17, 15) is 4.79 Å². The summed E-state index contributed by atoms with van der Waals surface area (Å²) in [5.74, 6) is 0.00917. The topological polar surface area (TPSA) is 38.1 Å². The average molecular weight is 195 g/mol. The van der Waals surface area contributed by atoms with Crippen molar-refractivity contribution in [2.75, 3.05) is 5.01 Å². The van der Waals surface area contributed by atoms with E-state index in [2.05, 4.69) is 4.98 Å². The van der Waals surface area contributed by atoms with Gasteiger partial charge in [-0.3, -0.25) is 4.79 Å². The maximum atomic E-state index is 11.5. The van der Waals surface area contributed by atoms with Gasteiger partial charge in [-0.1, -0.05) is 0 Å². The van der Waals surface area contributed by atoms with Gasteiger partial charge < -0.3 is 0 Å². The fourth-order valence-electron chi connectivity index (χ4n) is 1.50. The first kappa shape index (κ1) is 10.8. The molecular formula is C10H17N3O. The fourth-order valence-corrected chi connectivity index (χ4v) is 1.50. The van der Waals surface area contributed by atoms with Crippen LogP contribution in [0.2, 0.25) is 0 Å². The molecule has 0 aromatic carbocycles. The zero-order valence-corrected chi connectivity index (χ0v) is 9.40. The van der Waals surface area contributed by atoms with E-state index in [0.29, 0.717) is 0 Å². The smallest absolute Gasteiger partial charge is 0.238 e. The third-order valence-electron chi connectivity index (χ3n) is 1.86. The Morgan fingerprint density at radius 1 is 1.50 bits per heavy atom. The van der Waals surface area contributed by atoms with Gasteiger partial charge in [-0.15, -0.1) is 0 Å². The van der Waals surface area contributed by atoms with E-state index in [1.54, 1.807) is 22.9 Å². The van der Waals surface area contributed by atoms with Crippen LogP contribution in [0.4, 0.5) is 0 Å². The first-order chi connectivity index (χ1) is 6.32. The highest BCUT2D eigenvalue weighted by Crippen LogP contribution is 2.12. The minimum absolute atomic E-state index is 0.00917. The van der Waals surface area contributed by atoms with Crippen molar-refractivity contribution in [2.45, 2.75) is 40.2 Å². The van der Waals surface area contributed by atoms with Gasteiger partial charge in [0.15, 0.2) is 0 Å². The maximum absolute atomic E-state index is 11.5. The maximum Gasteiger partial charge on any atom is 0.238 e. The number of hydrogen-bond acceptors (Lipinski definition) is 2. The van der Waals surface area contributed by atoms with Gasteiger partial charge in [-0.05, 0) is 27.7 Å². The van der Waals surface area contributed by atoms with Crippen molar-refractivity contribution < 1.29 is 4.79 Å². The molecule has 0 N–H and O–H groups in total. The van der Waals surface area contributed by atoms with E-state index in [0.717, 1.165) is 5.69 Å². The van der Waals surface area contributed by atoms with Crippen molar-refractivity contribution >= 4 is 5.91 Å². The zero-order chi connectivity index (χ0) is 10.9. The van der Waals surface area contributed by atoms with Crippen LogP contribution >= 0.6 is 0 Å². The predicted octanol–water partition coefficient (Wildman–Crippen LogP) is 1.47. The second kappa shape index (κ2) is 3.44. The van der Waals surface area contributed by atoms with Crippen molar-refractivity contribution in [2.24, 2.45) is 0 Å². The number of rotatable bonds is 1. The second-order valence-electron chi connectivity index (χ2n) is 4.40. The average Bonchev–Trinajstić information content (AvgIpc) is 2.31. The van der Waals surface area contributed by atoms with Gasteiger partial charge in [0.1, 0.15) is 6.33 Å². The molecule has 78 valence electrons. The first-order valence-corrected chi connectivity index (χ1v) is 4.64. The lowest BCUT2D eigenvalue weighted by atomic mass is 10.1. The summed E-state index contributed by atoms with van der Waals surface area (Å²) in [5.41, 5.74) is 0.666. The number of imidazole rings is 1. The molecule has 1 rings (SSSR count). The van der Waals surface area contributed by atoms with Crippen molar-refractivity contribution in [3.05, 3.63) is 18.2 Å². The van der Waals surface area contributed by atoms with Gasteiger partial charge in [0.25, 0.3) is 0 Å². The summed E-state index contributed by atoms with van der Waals surface area (Å²) in [6, 6.07) is 0. The summed E-state index contributed by atoms with van der Waals surface area (Å²) >= 11 is 0. The number of aryl methyl sites for hydroxylation is 1. The Bertz CT molecular complexity index is 335. The molecule has 0 fully saturated rings. The quantitative estimate of drug-likeness (QED) is 0.680. The molecule has 0 radical (unpaired) electrons. The van der Waals surface area contributed by atoms with E-state index in [1.807, 2.05) is 33.9 Å². The van der Waals surface area contributed by atoms with Crippen LogP contribution in [0, 0.1) is 6.92 Å². The third kappa shape index (κ3) is 2.13. The second-order valence-corrected chi connectivity index (χ2v) is 4.40. The van der Waals surface area contributed by atoms with Crippen LogP contribution < -0.4 is 5.01 Å². The molecule has 0 aliphatic carbocycles. The minimum atomic E-state index is -0.237. The van der Waals surface area contributed by atoms with Gasteiger partial charge in [-0.2, -0.15) is 0 Å². The minimum Gasteiger partial charge on any atom is -0.273 e. The Balaban J connectivity index is 3.07.